The molecular weight excluding hydrogens is 328 g/mol. The summed E-state index contributed by atoms with van der Waals surface area (Å²) in [4.78, 5) is 13.6. The van der Waals surface area contributed by atoms with Crippen LogP contribution < -0.4 is 4.74 Å². The average Bonchev–Trinajstić information content (AvgIpc) is 3.04. The van der Waals surface area contributed by atoms with Gasteiger partial charge in [-0.15, -0.1) is 10.2 Å². The third-order valence-electron chi connectivity index (χ3n) is 3.31. The first-order chi connectivity index (χ1) is 11.7. The van der Waals surface area contributed by atoms with Gasteiger partial charge in [-0.25, -0.2) is 0 Å². The fourth-order valence-electron chi connectivity index (χ4n) is 2.18. The number of carbonyl (C=O) groups excluding carboxylic acids is 1. The van der Waals surface area contributed by atoms with Crippen molar-refractivity contribution in [2.45, 2.75) is 13.5 Å². The molecule has 0 saturated carbocycles. The van der Waals surface area contributed by atoms with Crippen LogP contribution in [0.5, 0.6) is 5.75 Å². The van der Waals surface area contributed by atoms with E-state index >= 15 is 0 Å². The number of benzene rings is 2. The molecule has 2 aromatic carbocycles. The molecule has 0 amide bonds. The summed E-state index contributed by atoms with van der Waals surface area (Å²) in [5, 5.41) is 12.7. The first-order valence-electron chi connectivity index (χ1n) is 7.45. The highest BCUT2D eigenvalue weighted by Crippen LogP contribution is 2.18. The fraction of sp³-hybridized carbons (Fsp3) is 0.176. The van der Waals surface area contributed by atoms with Crippen molar-refractivity contribution in [2.24, 2.45) is 0 Å². The molecule has 0 N–H and O–H groups in total. The Bertz CT molecular complexity index is 846. The molecule has 0 bridgehead atoms. The van der Waals surface area contributed by atoms with Gasteiger partial charge >= 0.3 is 0 Å². The van der Waals surface area contributed by atoms with E-state index in [0.29, 0.717) is 23.0 Å². The van der Waals surface area contributed by atoms with Crippen molar-refractivity contribution in [3.05, 3.63) is 59.1 Å². The van der Waals surface area contributed by atoms with Crippen molar-refractivity contribution < 1.29 is 9.53 Å². The highest BCUT2D eigenvalue weighted by molar-refractivity contribution is 6.30. The predicted octanol–water partition coefficient (Wildman–Crippen LogP) is 3.28. The number of hydrogen-bond donors (Lipinski definition) is 0. The third-order valence-corrected chi connectivity index (χ3v) is 3.54. The largest absolute Gasteiger partial charge is 0.494 e. The lowest BCUT2D eigenvalue weighted by Gasteiger charge is -2.04. The second-order valence-electron chi connectivity index (χ2n) is 5.03. The van der Waals surface area contributed by atoms with E-state index in [2.05, 4.69) is 15.4 Å². The minimum Gasteiger partial charge on any atom is -0.494 e. The van der Waals surface area contributed by atoms with Gasteiger partial charge in [0, 0.05) is 16.1 Å². The van der Waals surface area contributed by atoms with Crippen LogP contribution in [0.3, 0.4) is 0 Å². The molecule has 0 atom stereocenters. The molecule has 0 radical (unpaired) electrons. The van der Waals surface area contributed by atoms with Gasteiger partial charge in [0.05, 0.1) is 6.61 Å². The van der Waals surface area contributed by atoms with Crippen LogP contribution in [0.2, 0.25) is 5.02 Å². The number of Topliss-reactive ketones (excluding diaryl/α,β-unsaturated/α-hetero) is 1. The molecule has 1 heterocycles. The number of ether oxygens (including phenoxy) is 1. The lowest BCUT2D eigenvalue weighted by atomic mass is 10.1. The molecule has 3 aromatic rings. The molecule has 0 fully saturated rings. The van der Waals surface area contributed by atoms with Gasteiger partial charge in [-0.2, -0.15) is 4.80 Å². The summed E-state index contributed by atoms with van der Waals surface area (Å²) in [6.45, 7) is 2.51. The van der Waals surface area contributed by atoms with Crippen LogP contribution in [-0.2, 0) is 6.54 Å². The maximum atomic E-state index is 12.3. The van der Waals surface area contributed by atoms with Crippen molar-refractivity contribution in [3.63, 3.8) is 0 Å². The Hall–Kier alpha value is -2.73. The van der Waals surface area contributed by atoms with E-state index in [4.69, 9.17) is 16.3 Å². The van der Waals surface area contributed by atoms with Crippen LogP contribution >= 0.6 is 11.6 Å². The Morgan fingerprint density at radius 2 is 2.00 bits per heavy atom. The Kier molecular flexibility index (Phi) is 4.86. The van der Waals surface area contributed by atoms with E-state index in [1.54, 1.807) is 36.4 Å². The number of halogens is 1. The van der Waals surface area contributed by atoms with Crippen LogP contribution in [0.1, 0.15) is 17.3 Å². The summed E-state index contributed by atoms with van der Waals surface area (Å²) in [5.74, 6) is 1.06. The monoisotopic (exact) mass is 342 g/mol. The molecule has 0 spiro atoms. The third kappa shape index (κ3) is 3.78. The Labute approximate surface area is 144 Å². The van der Waals surface area contributed by atoms with Gasteiger partial charge in [0.25, 0.3) is 0 Å². The summed E-state index contributed by atoms with van der Waals surface area (Å²) < 4.78 is 5.36. The van der Waals surface area contributed by atoms with Crippen LogP contribution in [-0.4, -0.2) is 32.6 Å². The standard InChI is InChI=1S/C17H15ClN4O2/c1-2-24-15-8-6-12(7-9-15)16(23)11-22-20-17(19-21-22)13-4-3-5-14(18)10-13/h3-10H,2,11H2,1H3. The number of aromatic nitrogens is 4. The summed E-state index contributed by atoms with van der Waals surface area (Å²) in [6.07, 6.45) is 0. The maximum absolute atomic E-state index is 12.3. The van der Waals surface area contributed by atoms with Gasteiger partial charge in [-0.1, -0.05) is 23.7 Å². The molecule has 0 unspecified atom stereocenters. The predicted molar refractivity (Wildman–Crippen MR) is 90.2 cm³/mol. The van der Waals surface area contributed by atoms with E-state index in [0.717, 1.165) is 11.3 Å². The highest BCUT2D eigenvalue weighted by Gasteiger charge is 2.11. The maximum Gasteiger partial charge on any atom is 0.204 e. The summed E-state index contributed by atoms with van der Waals surface area (Å²) in [6, 6.07) is 14.1. The first-order valence-corrected chi connectivity index (χ1v) is 7.83. The minimum atomic E-state index is -0.104. The van der Waals surface area contributed by atoms with Gasteiger partial charge in [0.1, 0.15) is 12.3 Å². The smallest absolute Gasteiger partial charge is 0.204 e. The zero-order valence-corrected chi connectivity index (χ0v) is 13.8. The van der Waals surface area contributed by atoms with Crippen molar-refractivity contribution in [1.29, 1.82) is 0 Å². The van der Waals surface area contributed by atoms with Crippen LogP contribution in [0.25, 0.3) is 11.4 Å². The molecule has 0 aliphatic rings. The number of hydrogen-bond acceptors (Lipinski definition) is 5. The van der Waals surface area contributed by atoms with E-state index in [9.17, 15) is 4.79 Å². The van der Waals surface area contributed by atoms with Gasteiger partial charge < -0.3 is 4.74 Å². The molecule has 0 saturated heterocycles. The van der Waals surface area contributed by atoms with Crippen LogP contribution in [0.15, 0.2) is 48.5 Å². The van der Waals surface area contributed by atoms with Crippen molar-refractivity contribution >= 4 is 17.4 Å². The highest BCUT2D eigenvalue weighted by atomic mass is 35.5. The molecule has 0 aliphatic heterocycles. The fourth-order valence-corrected chi connectivity index (χ4v) is 2.37. The van der Waals surface area contributed by atoms with Crippen molar-refractivity contribution in [3.8, 4) is 17.1 Å². The van der Waals surface area contributed by atoms with Gasteiger partial charge in [-0.05, 0) is 48.5 Å². The second kappa shape index (κ2) is 7.23. The average molecular weight is 343 g/mol. The molecule has 6 nitrogen and oxygen atoms in total. The Morgan fingerprint density at radius 1 is 1.21 bits per heavy atom. The second-order valence-corrected chi connectivity index (χ2v) is 5.47. The van der Waals surface area contributed by atoms with E-state index < -0.39 is 0 Å². The van der Waals surface area contributed by atoms with Crippen molar-refractivity contribution in [2.75, 3.05) is 6.61 Å². The normalized spacial score (nSPS) is 10.6. The number of tetrazole rings is 1. The zero-order valence-electron chi connectivity index (χ0n) is 13.0. The van der Waals surface area contributed by atoms with Crippen molar-refractivity contribution in [1.82, 2.24) is 20.2 Å². The zero-order chi connectivity index (χ0) is 16.9. The lowest BCUT2D eigenvalue weighted by Crippen LogP contribution is -2.13. The SMILES string of the molecule is CCOc1ccc(C(=O)Cn2nnc(-c3cccc(Cl)c3)n2)cc1. The molecule has 0 aliphatic carbocycles. The number of rotatable bonds is 6. The topological polar surface area (TPSA) is 69.9 Å². The van der Waals surface area contributed by atoms with E-state index in [-0.39, 0.29) is 12.3 Å². The quantitative estimate of drug-likeness (QED) is 0.643. The molecule has 7 heteroatoms. The molecule has 122 valence electrons. The van der Waals surface area contributed by atoms with Gasteiger partial charge in [0.2, 0.25) is 5.82 Å². The summed E-state index contributed by atoms with van der Waals surface area (Å²) in [7, 11) is 0. The van der Waals surface area contributed by atoms with E-state index in [1.807, 2.05) is 19.1 Å². The molecule has 1 aromatic heterocycles. The molecule has 24 heavy (non-hydrogen) atoms. The number of carbonyl (C=O) groups is 1. The molecular formula is C17H15ClN4O2. The number of nitrogens with zero attached hydrogens (tertiary/aromatic N) is 4. The Balaban J connectivity index is 1.71. The first kappa shape index (κ1) is 16.1. The van der Waals surface area contributed by atoms with Crippen LogP contribution in [0.4, 0.5) is 0 Å². The van der Waals surface area contributed by atoms with E-state index in [1.165, 1.54) is 4.80 Å². The number of ketones is 1. The molecule has 3 rings (SSSR count). The minimum absolute atomic E-state index is 0.0154. The van der Waals surface area contributed by atoms with Crippen LogP contribution in [0, 0.1) is 0 Å². The lowest BCUT2D eigenvalue weighted by molar-refractivity contribution is 0.0961. The Morgan fingerprint density at radius 3 is 2.71 bits per heavy atom. The summed E-state index contributed by atoms with van der Waals surface area (Å²) in [5.41, 5.74) is 1.32. The van der Waals surface area contributed by atoms with Gasteiger partial charge in [-0.3, -0.25) is 4.79 Å². The van der Waals surface area contributed by atoms with Gasteiger partial charge in [0.15, 0.2) is 5.78 Å². The summed E-state index contributed by atoms with van der Waals surface area (Å²) >= 11 is 5.95.